The molecule has 0 radical (unpaired) electrons. The van der Waals surface area contributed by atoms with E-state index in [9.17, 15) is 10.2 Å². The molecule has 1 atom stereocenters. The van der Waals surface area contributed by atoms with Crippen LogP contribution in [0.4, 0.5) is 0 Å². The van der Waals surface area contributed by atoms with Crippen molar-refractivity contribution in [1.82, 2.24) is 0 Å². The number of aliphatic hydroxyl groups is 2. The van der Waals surface area contributed by atoms with Gasteiger partial charge in [-0.05, 0) is 25.7 Å². The van der Waals surface area contributed by atoms with Crippen molar-refractivity contribution in [1.29, 1.82) is 0 Å². The molecule has 0 spiro atoms. The monoisotopic (exact) mass is 202 g/mol. The summed E-state index contributed by atoms with van der Waals surface area (Å²) in [6, 6.07) is 0. The maximum Gasteiger partial charge on any atom is 0.110 e. The van der Waals surface area contributed by atoms with E-state index in [1.165, 1.54) is 0 Å². The van der Waals surface area contributed by atoms with E-state index in [0.29, 0.717) is 45.5 Å². The molecule has 82 valence electrons. The van der Waals surface area contributed by atoms with Gasteiger partial charge in [0, 0.05) is 0 Å². The van der Waals surface area contributed by atoms with Crippen molar-refractivity contribution in [2.45, 2.75) is 43.5 Å². The smallest absolute Gasteiger partial charge is 0.110 e. The molecule has 4 heteroatoms. The first kappa shape index (κ1) is 10.4. The molecule has 1 unspecified atom stereocenters. The van der Waals surface area contributed by atoms with E-state index in [4.69, 9.17) is 9.47 Å². The lowest BCUT2D eigenvalue weighted by Crippen LogP contribution is -2.51. The minimum atomic E-state index is -0.778. The van der Waals surface area contributed by atoms with Gasteiger partial charge in [0.1, 0.15) is 6.10 Å². The van der Waals surface area contributed by atoms with Gasteiger partial charge in [-0.15, -0.1) is 0 Å². The Balaban J connectivity index is 1.93. The average molecular weight is 202 g/mol. The van der Waals surface area contributed by atoms with Gasteiger partial charge in [-0.1, -0.05) is 0 Å². The Morgan fingerprint density at radius 1 is 1.14 bits per heavy atom. The van der Waals surface area contributed by atoms with Crippen molar-refractivity contribution >= 4 is 0 Å². The van der Waals surface area contributed by atoms with Crippen molar-refractivity contribution in [3.8, 4) is 0 Å². The highest BCUT2D eigenvalue weighted by Crippen LogP contribution is 2.33. The van der Waals surface area contributed by atoms with E-state index in [0.717, 1.165) is 0 Å². The molecule has 2 rings (SSSR count). The first-order chi connectivity index (χ1) is 6.71. The Bertz CT molecular complexity index is 181. The van der Waals surface area contributed by atoms with Crippen molar-refractivity contribution in [3.05, 3.63) is 0 Å². The average Bonchev–Trinajstić information content (AvgIpc) is 2.24. The van der Waals surface area contributed by atoms with Gasteiger partial charge < -0.3 is 19.7 Å². The number of hydrogen-bond donors (Lipinski definition) is 2. The zero-order valence-electron chi connectivity index (χ0n) is 8.32. The first-order valence-corrected chi connectivity index (χ1v) is 5.30. The summed E-state index contributed by atoms with van der Waals surface area (Å²) in [5, 5.41) is 19.7. The van der Waals surface area contributed by atoms with Crippen LogP contribution in [0.15, 0.2) is 0 Å². The highest BCUT2D eigenvalue weighted by Gasteiger charge is 2.41. The molecular formula is C10H18O4. The van der Waals surface area contributed by atoms with E-state index in [1.807, 2.05) is 0 Å². The SMILES string of the molecule is OC1CCC(O)(C2COCCO2)CC1. The number of aliphatic hydroxyl groups excluding tert-OH is 1. The van der Waals surface area contributed by atoms with Gasteiger partial charge >= 0.3 is 0 Å². The predicted molar refractivity (Wildman–Crippen MR) is 50.0 cm³/mol. The molecule has 4 nitrogen and oxygen atoms in total. The topological polar surface area (TPSA) is 58.9 Å². The van der Waals surface area contributed by atoms with Crippen molar-refractivity contribution < 1.29 is 19.7 Å². The van der Waals surface area contributed by atoms with E-state index in [-0.39, 0.29) is 12.2 Å². The normalized spacial score (nSPS) is 45.0. The largest absolute Gasteiger partial charge is 0.393 e. The molecule has 1 heterocycles. The van der Waals surface area contributed by atoms with E-state index < -0.39 is 5.60 Å². The summed E-state index contributed by atoms with van der Waals surface area (Å²) >= 11 is 0. The molecule has 0 aromatic rings. The van der Waals surface area contributed by atoms with E-state index in [2.05, 4.69) is 0 Å². The lowest BCUT2D eigenvalue weighted by atomic mass is 9.79. The first-order valence-electron chi connectivity index (χ1n) is 5.30. The van der Waals surface area contributed by atoms with E-state index >= 15 is 0 Å². The van der Waals surface area contributed by atoms with Crippen LogP contribution in [0, 0.1) is 0 Å². The second-order valence-electron chi connectivity index (χ2n) is 4.27. The summed E-state index contributed by atoms with van der Waals surface area (Å²) in [6.07, 6.45) is 2.10. The van der Waals surface area contributed by atoms with Crippen molar-refractivity contribution in [2.24, 2.45) is 0 Å². The predicted octanol–water partition coefficient (Wildman–Crippen LogP) is 0.0678. The van der Waals surface area contributed by atoms with Crippen LogP contribution in [0.3, 0.4) is 0 Å². The zero-order valence-corrected chi connectivity index (χ0v) is 8.32. The lowest BCUT2D eigenvalue weighted by molar-refractivity contribution is -0.190. The summed E-state index contributed by atoms with van der Waals surface area (Å²) in [5.74, 6) is 0. The third-order valence-corrected chi connectivity index (χ3v) is 3.24. The molecular weight excluding hydrogens is 184 g/mol. The highest BCUT2D eigenvalue weighted by atomic mass is 16.6. The Morgan fingerprint density at radius 3 is 2.43 bits per heavy atom. The van der Waals surface area contributed by atoms with Crippen LogP contribution in [0.25, 0.3) is 0 Å². The van der Waals surface area contributed by atoms with Crippen LogP contribution in [0.1, 0.15) is 25.7 Å². The van der Waals surface area contributed by atoms with Gasteiger partial charge in [0.25, 0.3) is 0 Å². The second kappa shape index (κ2) is 4.14. The van der Waals surface area contributed by atoms with Crippen LogP contribution in [0.5, 0.6) is 0 Å². The fraction of sp³-hybridized carbons (Fsp3) is 1.00. The Morgan fingerprint density at radius 2 is 1.86 bits per heavy atom. The van der Waals surface area contributed by atoms with Crippen LogP contribution in [0.2, 0.25) is 0 Å². The molecule has 14 heavy (non-hydrogen) atoms. The van der Waals surface area contributed by atoms with Gasteiger partial charge in [0.15, 0.2) is 0 Å². The molecule has 0 amide bonds. The minimum Gasteiger partial charge on any atom is -0.393 e. The van der Waals surface area contributed by atoms with Gasteiger partial charge in [-0.25, -0.2) is 0 Å². The van der Waals surface area contributed by atoms with Gasteiger partial charge in [-0.3, -0.25) is 0 Å². The molecule has 0 aromatic carbocycles. The fourth-order valence-electron chi connectivity index (χ4n) is 2.22. The minimum absolute atomic E-state index is 0.205. The summed E-state index contributed by atoms with van der Waals surface area (Å²) in [6.45, 7) is 1.66. The zero-order chi connectivity index (χ0) is 10.0. The molecule has 2 fully saturated rings. The molecule has 0 bridgehead atoms. The van der Waals surface area contributed by atoms with Gasteiger partial charge in [0.05, 0.1) is 31.5 Å². The molecule has 0 aromatic heterocycles. The number of rotatable bonds is 1. The van der Waals surface area contributed by atoms with Gasteiger partial charge in [0.2, 0.25) is 0 Å². The Kier molecular flexibility index (Phi) is 3.07. The maximum atomic E-state index is 10.3. The molecule has 2 N–H and O–H groups in total. The van der Waals surface area contributed by atoms with Crippen LogP contribution < -0.4 is 0 Å². The van der Waals surface area contributed by atoms with Crippen molar-refractivity contribution in [3.63, 3.8) is 0 Å². The van der Waals surface area contributed by atoms with Gasteiger partial charge in [-0.2, -0.15) is 0 Å². The van der Waals surface area contributed by atoms with Crippen LogP contribution >= 0.6 is 0 Å². The Hall–Kier alpha value is -0.160. The standard InChI is InChI=1S/C10H18O4/c11-8-1-3-10(12,4-2-8)9-7-13-5-6-14-9/h8-9,11-12H,1-7H2. The number of ether oxygens (including phenoxy) is 2. The van der Waals surface area contributed by atoms with Crippen LogP contribution in [-0.2, 0) is 9.47 Å². The summed E-state index contributed by atoms with van der Waals surface area (Å²) in [5.41, 5.74) is -0.778. The third-order valence-electron chi connectivity index (χ3n) is 3.24. The second-order valence-corrected chi connectivity index (χ2v) is 4.27. The summed E-state index contributed by atoms with van der Waals surface area (Å²) < 4.78 is 10.8. The molecule has 2 aliphatic rings. The van der Waals surface area contributed by atoms with Crippen molar-refractivity contribution in [2.75, 3.05) is 19.8 Å². The summed E-state index contributed by atoms with van der Waals surface area (Å²) in [4.78, 5) is 0. The fourth-order valence-corrected chi connectivity index (χ4v) is 2.22. The molecule has 1 saturated heterocycles. The molecule has 1 aliphatic carbocycles. The third kappa shape index (κ3) is 2.08. The van der Waals surface area contributed by atoms with Crippen LogP contribution in [-0.4, -0.2) is 47.8 Å². The van der Waals surface area contributed by atoms with E-state index in [1.54, 1.807) is 0 Å². The quantitative estimate of drug-likeness (QED) is 0.631. The Labute approximate surface area is 83.8 Å². The maximum absolute atomic E-state index is 10.3. The summed E-state index contributed by atoms with van der Waals surface area (Å²) in [7, 11) is 0. The molecule has 1 aliphatic heterocycles. The molecule has 1 saturated carbocycles. The number of hydrogen-bond acceptors (Lipinski definition) is 4. The highest BCUT2D eigenvalue weighted by molar-refractivity contribution is 4.93. The lowest BCUT2D eigenvalue weighted by Gasteiger charge is -2.41.